The minimum absolute atomic E-state index is 0.0874. The van der Waals surface area contributed by atoms with E-state index in [1.807, 2.05) is 43.5 Å². The number of H-pyrrole nitrogens is 1. The van der Waals surface area contributed by atoms with Crippen LogP contribution in [-0.4, -0.2) is 38.4 Å². The highest BCUT2D eigenvalue weighted by Crippen LogP contribution is 2.25. The maximum absolute atomic E-state index is 8.99. The number of nitrogens with one attached hydrogen (secondary N) is 3. The van der Waals surface area contributed by atoms with Crippen LogP contribution in [0, 0.1) is 6.92 Å². The standard InChI is InChI=1S/C18H18N6O/c1-11-15(19-6-7-25)5-3-13-9-20-18(23-17(11)13)22-14-4-2-12-10-21-24-16(12)8-14/h2-5,8-10,19,25H,6-7H2,1H3,(H,21,24)(H,20,22,23). The van der Waals surface area contributed by atoms with Crippen LogP contribution in [0.4, 0.5) is 17.3 Å². The number of aromatic nitrogens is 4. The average Bonchev–Trinajstić information content (AvgIpc) is 3.09. The Morgan fingerprint density at radius 2 is 2.00 bits per heavy atom. The van der Waals surface area contributed by atoms with Crippen LogP contribution in [0.5, 0.6) is 0 Å². The van der Waals surface area contributed by atoms with E-state index in [1.165, 1.54) is 0 Å². The maximum atomic E-state index is 8.99. The molecule has 0 saturated heterocycles. The molecule has 0 atom stereocenters. The predicted octanol–water partition coefficient (Wildman–Crippen LogP) is 2.96. The first-order valence-corrected chi connectivity index (χ1v) is 8.06. The highest BCUT2D eigenvalue weighted by atomic mass is 16.3. The van der Waals surface area contributed by atoms with E-state index in [0.29, 0.717) is 12.5 Å². The van der Waals surface area contributed by atoms with Crippen LogP contribution in [0.1, 0.15) is 5.56 Å². The zero-order chi connectivity index (χ0) is 17.2. The molecule has 7 nitrogen and oxygen atoms in total. The molecule has 126 valence electrons. The fourth-order valence-electron chi connectivity index (χ4n) is 2.83. The third-order valence-electron chi connectivity index (χ3n) is 4.13. The summed E-state index contributed by atoms with van der Waals surface area (Å²) in [5.74, 6) is 0.536. The summed E-state index contributed by atoms with van der Waals surface area (Å²) in [5, 5.41) is 24.4. The van der Waals surface area contributed by atoms with E-state index in [0.717, 1.165) is 38.7 Å². The zero-order valence-corrected chi connectivity index (χ0v) is 13.7. The Hall–Kier alpha value is -3.19. The van der Waals surface area contributed by atoms with Gasteiger partial charge < -0.3 is 15.7 Å². The number of rotatable bonds is 5. The molecule has 2 heterocycles. The summed E-state index contributed by atoms with van der Waals surface area (Å²) in [6.45, 7) is 2.60. The number of fused-ring (bicyclic) bond motifs is 2. The Morgan fingerprint density at radius 1 is 1.12 bits per heavy atom. The summed E-state index contributed by atoms with van der Waals surface area (Å²) in [7, 11) is 0. The number of benzene rings is 2. The Balaban J connectivity index is 1.68. The quantitative estimate of drug-likeness (QED) is 0.448. The predicted molar refractivity (Wildman–Crippen MR) is 99.2 cm³/mol. The van der Waals surface area contributed by atoms with Crippen LogP contribution >= 0.6 is 0 Å². The summed E-state index contributed by atoms with van der Waals surface area (Å²) in [5.41, 5.74) is 4.72. The third kappa shape index (κ3) is 2.97. The summed E-state index contributed by atoms with van der Waals surface area (Å²) in [4.78, 5) is 9.05. The van der Waals surface area contributed by atoms with Crippen molar-refractivity contribution in [3.8, 4) is 0 Å². The van der Waals surface area contributed by atoms with E-state index in [9.17, 15) is 0 Å². The molecule has 2 aromatic heterocycles. The first kappa shape index (κ1) is 15.3. The lowest BCUT2D eigenvalue weighted by Gasteiger charge is -2.11. The molecule has 2 aromatic carbocycles. The molecule has 7 heteroatoms. The fraction of sp³-hybridized carbons (Fsp3) is 0.167. The van der Waals surface area contributed by atoms with Crippen LogP contribution in [0.15, 0.2) is 42.7 Å². The first-order chi connectivity index (χ1) is 12.2. The molecule has 0 unspecified atom stereocenters. The Morgan fingerprint density at radius 3 is 2.88 bits per heavy atom. The van der Waals surface area contributed by atoms with Gasteiger partial charge in [0.1, 0.15) is 0 Å². The second kappa shape index (κ2) is 6.37. The van der Waals surface area contributed by atoms with E-state index >= 15 is 0 Å². The first-order valence-electron chi connectivity index (χ1n) is 8.06. The molecular weight excluding hydrogens is 316 g/mol. The number of anilines is 3. The molecule has 0 aliphatic carbocycles. The fourth-order valence-corrected chi connectivity index (χ4v) is 2.83. The largest absolute Gasteiger partial charge is 0.395 e. The third-order valence-corrected chi connectivity index (χ3v) is 4.13. The molecule has 4 rings (SSSR count). The average molecular weight is 334 g/mol. The van der Waals surface area contributed by atoms with Crippen molar-refractivity contribution in [1.29, 1.82) is 0 Å². The van der Waals surface area contributed by atoms with Gasteiger partial charge in [0.05, 0.1) is 23.8 Å². The van der Waals surface area contributed by atoms with E-state index in [1.54, 1.807) is 6.20 Å². The Labute approximate surface area is 144 Å². The lowest BCUT2D eigenvalue weighted by molar-refractivity contribution is 0.311. The topological polar surface area (TPSA) is 98.7 Å². The molecule has 25 heavy (non-hydrogen) atoms. The van der Waals surface area contributed by atoms with Gasteiger partial charge in [0, 0.05) is 34.9 Å². The smallest absolute Gasteiger partial charge is 0.227 e. The molecule has 0 aliphatic rings. The second-order valence-electron chi connectivity index (χ2n) is 5.82. The van der Waals surface area contributed by atoms with Gasteiger partial charge in [-0.05, 0) is 42.8 Å². The van der Waals surface area contributed by atoms with Gasteiger partial charge in [0.15, 0.2) is 0 Å². The molecule has 0 spiro atoms. The molecule has 0 saturated carbocycles. The van der Waals surface area contributed by atoms with Crippen LogP contribution in [0.2, 0.25) is 0 Å². The van der Waals surface area contributed by atoms with E-state index in [4.69, 9.17) is 5.11 Å². The van der Waals surface area contributed by atoms with Gasteiger partial charge in [-0.25, -0.2) is 9.97 Å². The van der Waals surface area contributed by atoms with Crippen molar-refractivity contribution in [1.82, 2.24) is 20.2 Å². The summed E-state index contributed by atoms with van der Waals surface area (Å²) < 4.78 is 0. The highest BCUT2D eigenvalue weighted by molar-refractivity contribution is 5.87. The molecule has 4 N–H and O–H groups in total. The molecule has 0 amide bonds. The van der Waals surface area contributed by atoms with Crippen LogP contribution in [0.25, 0.3) is 21.8 Å². The van der Waals surface area contributed by atoms with Gasteiger partial charge in [-0.15, -0.1) is 0 Å². The molecule has 0 bridgehead atoms. The van der Waals surface area contributed by atoms with Crippen molar-refractivity contribution >= 4 is 39.1 Å². The van der Waals surface area contributed by atoms with Crippen molar-refractivity contribution < 1.29 is 5.11 Å². The van der Waals surface area contributed by atoms with Gasteiger partial charge in [-0.3, -0.25) is 5.10 Å². The Kier molecular flexibility index (Phi) is 3.91. The summed E-state index contributed by atoms with van der Waals surface area (Å²) >= 11 is 0. The van der Waals surface area contributed by atoms with Crippen molar-refractivity contribution in [2.75, 3.05) is 23.8 Å². The maximum Gasteiger partial charge on any atom is 0.227 e. The zero-order valence-electron chi connectivity index (χ0n) is 13.7. The second-order valence-corrected chi connectivity index (χ2v) is 5.82. The number of aromatic amines is 1. The number of nitrogens with zero attached hydrogens (tertiary/aromatic N) is 3. The normalized spacial score (nSPS) is 11.1. The number of hydrogen-bond donors (Lipinski definition) is 4. The molecular formula is C18H18N6O. The van der Waals surface area contributed by atoms with Crippen molar-refractivity contribution in [3.63, 3.8) is 0 Å². The van der Waals surface area contributed by atoms with Crippen LogP contribution < -0.4 is 10.6 Å². The van der Waals surface area contributed by atoms with Gasteiger partial charge >= 0.3 is 0 Å². The highest BCUT2D eigenvalue weighted by Gasteiger charge is 2.07. The molecule has 4 aromatic rings. The van der Waals surface area contributed by atoms with Gasteiger partial charge in [-0.2, -0.15) is 5.10 Å². The van der Waals surface area contributed by atoms with E-state index < -0.39 is 0 Å². The number of aryl methyl sites for hydroxylation is 1. The molecule has 0 fully saturated rings. The summed E-state index contributed by atoms with van der Waals surface area (Å²) in [6.07, 6.45) is 3.60. The lowest BCUT2D eigenvalue weighted by Crippen LogP contribution is -2.07. The minimum atomic E-state index is 0.0874. The number of aliphatic hydroxyl groups is 1. The van der Waals surface area contributed by atoms with Crippen LogP contribution in [-0.2, 0) is 0 Å². The SMILES string of the molecule is Cc1c(NCCO)ccc2cnc(Nc3ccc4cn[nH]c4c3)nc12. The van der Waals surface area contributed by atoms with Gasteiger partial charge in [0.2, 0.25) is 5.95 Å². The van der Waals surface area contributed by atoms with E-state index in [-0.39, 0.29) is 6.61 Å². The molecule has 0 aliphatic heterocycles. The van der Waals surface area contributed by atoms with Gasteiger partial charge in [0.25, 0.3) is 0 Å². The molecule has 0 radical (unpaired) electrons. The minimum Gasteiger partial charge on any atom is -0.395 e. The monoisotopic (exact) mass is 334 g/mol. The number of aliphatic hydroxyl groups excluding tert-OH is 1. The van der Waals surface area contributed by atoms with Crippen molar-refractivity contribution in [2.24, 2.45) is 0 Å². The van der Waals surface area contributed by atoms with Crippen molar-refractivity contribution in [3.05, 3.63) is 48.3 Å². The van der Waals surface area contributed by atoms with Gasteiger partial charge in [-0.1, -0.05) is 0 Å². The van der Waals surface area contributed by atoms with Crippen molar-refractivity contribution in [2.45, 2.75) is 6.92 Å². The summed E-state index contributed by atoms with van der Waals surface area (Å²) in [6, 6.07) is 9.89. The van der Waals surface area contributed by atoms with E-state index in [2.05, 4.69) is 30.8 Å². The Bertz CT molecular complexity index is 1040. The van der Waals surface area contributed by atoms with Crippen LogP contribution in [0.3, 0.4) is 0 Å². The lowest BCUT2D eigenvalue weighted by atomic mass is 10.1. The number of hydrogen-bond acceptors (Lipinski definition) is 6.